The average Bonchev–Trinajstić information content (AvgIpc) is 2.35. The number of esters is 1. The Morgan fingerprint density at radius 1 is 1.26 bits per heavy atom. The van der Waals surface area contributed by atoms with Gasteiger partial charge in [0.2, 0.25) is 10.0 Å². The molecule has 0 aliphatic carbocycles. The monoisotopic (exact) mass is 343 g/mol. The van der Waals surface area contributed by atoms with Crippen molar-refractivity contribution in [2.45, 2.75) is 45.1 Å². The predicted molar refractivity (Wildman–Crippen MR) is 84.5 cm³/mol. The van der Waals surface area contributed by atoms with Gasteiger partial charge in [0.15, 0.2) is 0 Å². The molecule has 0 aromatic heterocycles. The highest BCUT2D eigenvalue weighted by Gasteiger charge is 2.24. The van der Waals surface area contributed by atoms with Crippen molar-refractivity contribution in [2.24, 2.45) is 0 Å². The lowest BCUT2D eigenvalue weighted by Gasteiger charge is -2.20. The van der Waals surface area contributed by atoms with Gasteiger partial charge in [0, 0.05) is 0 Å². The van der Waals surface area contributed by atoms with Gasteiger partial charge in [-0.1, -0.05) is 18.2 Å². The van der Waals surface area contributed by atoms with Gasteiger partial charge in [-0.15, -0.1) is 0 Å². The van der Waals surface area contributed by atoms with Gasteiger partial charge in [-0.3, -0.25) is 4.79 Å². The molecule has 1 aromatic carbocycles. The fraction of sp³-hybridized carbons (Fsp3) is 0.467. The number of ether oxygens (including phenoxy) is 1. The van der Waals surface area contributed by atoms with Gasteiger partial charge in [0.25, 0.3) is 0 Å². The fourth-order valence-corrected chi connectivity index (χ4v) is 3.13. The van der Waals surface area contributed by atoms with Crippen LogP contribution in [0, 0.1) is 0 Å². The number of benzene rings is 1. The molecule has 0 aliphatic heterocycles. The van der Waals surface area contributed by atoms with Crippen molar-refractivity contribution >= 4 is 22.0 Å². The largest absolute Gasteiger partial charge is 0.480 e. The molecule has 0 bridgehead atoms. The van der Waals surface area contributed by atoms with Crippen LogP contribution in [0.15, 0.2) is 24.3 Å². The molecule has 0 spiro atoms. The molecule has 0 radical (unpaired) electrons. The first-order valence-corrected chi connectivity index (χ1v) is 8.60. The minimum Gasteiger partial charge on any atom is -0.480 e. The number of sulfonamides is 1. The van der Waals surface area contributed by atoms with Crippen LogP contribution >= 0.6 is 0 Å². The van der Waals surface area contributed by atoms with E-state index >= 15 is 0 Å². The molecule has 2 N–H and O–H groups in total. The zero-order chi connectivity index (χ0) is 17.8. The number of nitrogens with one attached hydrogen (secondary N) is 1. The Bertz CT molecular complexity index is 690. The van der Waals surface area contributed by atoms with E-state index in [1.54, 1.807) is 32.9 Å². The highest BCUT2D eigenvalue weighted by atomic mass is 32.2. The van der Waals surface area contributed by atoms with Gasteiger partial charge in [-0.05, 0) is 39.3 Å². The lowest BCUT2D eigenvalue weighted by Crippen LogP contribution is -2.39. The number of carboxylic acids is 1. The quantitative estimate of drug-likeness (QED) is 0.758. The maximum absolute atomic E-state index is 12.2. The zero-order valence-electron chi connectivity index (χ0n) is 13.5. The highest BCUT2D eigenvalue weighted by molar-refractivity contribution is 7.88. The number of carboxylic acid groups (broad SMARTS) is 1. The molecule has 23 heavy (non-hydrogen) atoms. The summed E-state index contributed by atoms with van der Waals surface area (Å²) in [6.45, 7) is 6.35. The summed E-state index contributed by atoms with van der Waals surface area (Å²) < 4.78 is 31.4. The summed E-state index contributed by atoms with van der Waals surface area (Å²) in [6.07, 6.45) is 0. The Morgan fingerprint density at radius 3 is 2.35 bits per heavy atom. The van der Waals surface area contributed by atoms with Crippen LogP contribution in [-0.2, 0) is 25.3 Å². The Morgan fingerprint density at radius 2 is 1.83 bits per heavy atom. The normalized spacial score (nSPS) is 13.4. The SMILES string of the molecule is C[C@H](NS(=O)(=O)Cc1ccccc1C(=O)OC(C)(C)C)C(=O)O. The first kappa shape index (κ1) is 19.1. The number of aliphatic carboxylic acids is 1. The molecule has 7 nitrogen and oxygen atoms in total. The molecule has 0 unspecified atom stereocenters. The van der Waals surface area contributed by atoms with Crippen LogP contribution in [0.1, 0.15) is 43.6 Å². The van der Waals surface area contributed by atoms with E-state index < -0.39 is 39.4 Å². The molecular formula is C15H21NO6S. The maximum atomic E-state index is 12.2. The highest BCUT2D eigenvalue weighted by Crippen LogP contribution is 2.17. The van der Waals surface area contributed by atoms with Crippen molar-refractivity contribution < 1.29 is 27.9 Å². The number of carbonyl (C=O) groups is 2. The summed E-state index contributed by atoms with van der Waals surface area (Å²) in [4.78, 5) is 22.9. The van der Waals surface area contributed by atoms with E-state index in [-0.39, 0.29) is 11.1 Å². The van der Waals surface area contributed by atoms with Gasteiger partial charge in [-0.2, -0.15) is 0 Å². The lowest BCUT2D eigenvalue weighted by molar-refractivity contribution is -0.138. The zero-order valence-corrected chi connectivity index (χ0v) is 14.3. The van der Waals surface area contributed by atoms with E-state index in [2.05, 4.69) is 0 Å². The van der Waals surface area contributed by atoms with Gasteiger partial charge in [-0.25, -0.2) is 17.9 Å². The molecule has 0 amide bonds. The molecule has 8 heteroatoms. The van der Waals surface area contributed by atoms with Crippen LogP contribution in [0.2, 0.25) is 0 Å². The standard InChI is InChI=1S/C15H21NO6S/c1-10(13(17)18)16-23(20,21)9-11-7-5-6-8-12(11)14(19)22-15(2,3)4/h5-8,10,16H,9H2,1-4H3,(H,17,18)/t10-/m0/s1. The van der Waals surface area contributed by atoms with Gasteiger partial charge >= 0.3 is 11.9 Å². The minimum atomic E-state index is -3.92. The molecule has 0 fully saturated rings. The third-order valence-corrected chi connectivity index (χ3v) is 4.11. The van der Waals surface area contributed by atoms with Crippen LogP contribution in [0.3, 0.4) is 0 Å². The van der Waals surface area contributed by atoms with E-state index in [0.29, 0.717) is 0 Å². The summed E-state index contributed by atoms with van der Waals surface area (Å²) >= 11 is 0. The molecule has 1 rings (SSSR count). The maximum Gasteiger partial charge on any atom is 0.338 e. The second-order valence-corrected chi connectivity index (χ2v) is 7.85. The van der Waals surface area contributed by atoms with Crippen molar-refractivity contribution in [1.29, 1.82) is 0 Å². The van der Waals surface area contributed by atoms with E-state index in [1.807, 2.05) is 4.72 Å². The fourth-order valence-electron chi connectivity index (χ4n) is 1.74. The second-order valence-electron chi connectivity index (χ2n) is 6.10. The minimum absolute atomic E-state index is 0.135. The molecule has 1 aromatic rings. The number of carbonyl (C=O) groups excluding carboxylic acids is 1. The van der Waals surface area contributed by atoms with Crippen LogP contribution in [-0.4, -0.2) is 37.1 Å². The number of hydrogen-bond acceptors (Lipinski definition) is 5. The van der Waals surface area contributed by atoms with E-state index in [0.717, 1.165) is 0 Å². The van der Waals surface area contributed by atoms with Gasteiger partial charge < -0.3 is 9.84 Å². The molecule has 0 saturated heterocycles. The first-order chi connectivity index (χ1) is 10.4. The Labute approximate surface area is 135 Å². The molecule has 0 saturated carbocycles. The summed E-state index contributed by atoms with van der Waals surface area (Å²) in [7, 11) is -3.92. The van der Waals surface area contributed by atoms with Crippen LogP contribution in [0.25, 0.3) is 0 Å². The van der Waals surface area contributed by atoms with Crippen molar-refractivity contribution in [3.8, 4) is 0 Å². The Hall–Kier alpha value is -1.93. The average molecular weight is 343 g/mol. The molecular weight excluding hydrogens is 322 g/mol. The topological polar surface area (TPSA) is 110 Å². The van der Waals surface area contributed by atoms with Gasteiger partial charge in [0.05, 0.1) is 11.3 Å². The van der Waals surface area contributed by atoms with E-state index in [9.17, 15) is 18.0 Å². The molecule has 1 atom stereocenters. The second kappa shape index (κ2) is 7.10. The smallest absolute Gasteiger partial charge is 0.338 e. The van der Waals surface area contributed by atoms with Crippen molar-refractivity contribution in [2.75, 3.05) is 0 Å². The predicted octanol–water partition coefficient (Wildman–Crippen LogP) is 1.53. The summed E-state index contributed by atoms with van der Waals surface area (Å²) in [6, 6.07) is 4.90. The summed E-state index contributed by atoms with van der Waals surface area (Å²) in [5.74, 6) is -2.43. The van der Waals surface area contributed by atoms with Crippen molar-refractivity contribution in [1.82, 2.24) is 4.72 Å². The van der Waals surface area contributed by atoms with Crippen LogP contribution < -0.4 is 4.72 Å². The third kappa shape index (κ3) is 6.37. The Balaban J connectivity index is 3.02. The first-order valence-electron chi connectivity index (χ1n) is 6.95. The third-order valence-electron chi connectivity index (χ3n) is 2.71. The lowest BCUT2D eigenvalue weighted by atomic mass is 10.1. The van der Waals surface area contributed by atoms with Gasteiger partial charge in [0.1, 0.15) is 11.6 Å². The van der Waals surface area contributed by atoms with Crippen molar-refractivity contribution in [3.63, 3.8) is 0 Å². The Kier molecular flexibility index (Phi) is 5.90. The van der Waals surface area contributed by atoms with Crippen molar-refractivity contribution in [3.05, 3.63) is 35.4 Å². The van der Waals surface area contributed by atoms with Crippen LogP contribution in [0.4, 0.5) is 0 Å². The van der Waals surface area contributed by atoms with E-state index in [1.165, 1.54) is 19.1 Å². The van der Waals surface area contributed by atoms with E-state index in [4.69, 9.17) is 9.84 Å². The number of rotatable bonds is 6. The van der Waals surface area contributed by atoms with Crippen LogP contribution in [0.5, 0.6) is 0 Å². The molecule has 128 valence electrons. The molecule has 0 heterocycles. The summed E-state index contributed by atoms with van der Waals surface area (Å²) in [5.41, 5.74) is -0.332. The molecule has 0 aliphatic rings. The summed E-state index contributed by atoms with van der Waals surface area (Å²) in [5, 5.41) is 8.78. The number of hydrogen-bond donors (Lipinski definition) is 2.